The fraction of sp³-hybridized carbons (Fsp3) is 0.700. The first-order valence-electron chi connectivity index (χ1n) is 10.0. The minimum absolute atomic E-state index is 0.394. The zero-order chi connectivity index (χ0) is 17.8. The van der Waals surface area contributed by atoms with Gasteiger partial charge in [-0.25, -0.2) is 0 Å². The van der Waals surface area contributed by atoms with Crippen molar-refractivity contribution < 1.29 is 9.26 Å². The molecule has 0 bridgehead atoms. The van der Waals surface area contributed by atoms with Crippen LogP contribution in [0.4, 0.5) is 0 Å². The minimum Gasteiger partial charge on any atom is -0.381 e. The van der Waals surface area contributed by atoms with Crippen LogP contribution >= 0.6 is 0 Å². The third-order valence-electron chi connectivity index (χ3n) is 5.97. The van der Waals surface area contributed by atoms with Crippen molar-refractivity contribution in [3.63, 3.8) is 0 Å². The molecular formula is C20H30N4O2. The van der Waals surface area contributed by atoms with E-state index in [4.69, 9.17) is 9.26 Å². The van der Waals surface area contributed by atoms with Crippen LogP contribution in [0.1, 0.15) is 55.4 Å². The Balaban J connectivity index is 1.20. The van der Waals surface area contributed by atoms with E-state index in [-0.39, 0.29) is 0 Å². The number of hydrogen-bond donors (Lipinski definition) is 0. The monoisotopic (exact) mass is 358 g/mol. The average molecular weight is 358 g/mol. The summed E-state index contributed by atoms with van der Waals surface area (Å²) in [4.78, 5) is 7.22. The van der Waals surface area contributed by atoms with E-state index in [2.05, 4.69) is 45.0 Å². The predicted molar refractivity (Wildman–Crippen MR) is 98.8 cm³/mol. The van der Waals surface area contributed by atoms with Gasteiger partial charge in [-0.15, -0.1) is 0 Å². The molecule has 6 nitrogen and oxygen atoms in total. The Morgan fingerprint density at radius 1 is 1.15 bits per heavy atom. The van der Waals surface area contributed by atoms with Crippen molar-refractivity contribution in [2.45, 2.75) is 51.0 Å². The lowest BCUT2D eigenvalue weighted by Gasteiger charge is -2.31. The molecule has 0 radical (unpaired) electrons. The molecular weight excluding hydrogens is 328 g/mol. The Bertz CT molecular complexity index is 682. The highest BCUT2D eigenvalue weighted by Crippen LogP contribution is 2.27. The first kappa shape index (κ1) is 17.7. The zero-order valence-corrected chi connectivity index (χ0v) is 15.8. The lowest BCUT2D eigenvalue weighted by Crippen LogP contribution is -2.33. The summed E-state index contributed by atoms with van der Waals surface area (Å²) in [5, 5.41) is 4.21. The van der Waals surface area contributed by atoms with Crippen LogP contribution in [-0.4, -0.2) is 45.9 Å². The van der Waals surface area contributed by atoms with E-state index in [9.17, 15) is 0 Å². The molecule has 6 heteroatoms. The molecule has 2 aromatic rings. The van der Waals surface area contributed by atoms with Crippen LogP contribution in [0.2, 0.25) is 0 Å². The van der Waals surface area contributed by atoms with Gasteiger partial charge in [-0.2, -0.15) is 4.98 Å². The standard InChI is InChI=1S/C20H30N4O2/c1-23-10-2-3-18(23)15-24-11-6-16(7-12-24)4-5-19-21-20(26-22-19)17-8-13-25-14-9-17/h2-3,10,16-17H,4-9,11-15H2,1H3. The Morgan fingerprint density at radius 2 is 1.96 bits per heavy atom. The van der Waals surface area contributed by atoms with Crippen LogP contribution in [0.25, 0.3) is 0 Å². The molecule has 0 spiro atoms. The van der Waals surface area contributed by atoms with E-state index in [1.54, 1.807) is 0 Å². The number of aryl methyl sites for hydroxylation is 2. The highest BCUT2D eigenvalue weighted by Gasteiger charge is 2.23. The van der Waals surface area contributed by atoms with Gasteiger partial charge in [0.15, 0.2) is 5.82 Å². The van der Waals surface area contributed by atoms with Gasteiger partial charge in [-0.3, -0.25) is 4.90 Å². The van der Waals surface area contributed by atoms with Crippen molar-refractivity contribution in [3.8, 4) is 0 Å². The highest BCUT2D eigenvalue weighted by atomic mass is 16.5. The largest absolute Gasteiger partial charge is 0.381 e. The van der Waals surface area contributed by atoms with Gasteiger partial charge in [-0.1, -0.05) is 5.16 Å². The fourth-order valence-electron chi connectivity index (χ4n) is 4.14. The number of hydrogen-bond acceptors (Lipinski definition) is 5. The van der Waals surface area contributed by atoms with Crippen LogP contribution in [0.15, 0.2) is 22.9 Å². The fourth-order valence-corrected chi connectivity index (χ4v) is 4.14. The Kier molecular flexibility index (Phi) is 5.70. The summed E-state index contributed by atoms with van der Waals surface area (Å²) in [5.74, 6) is 2.88. The van der Waals surface area contributed by atoms with E-state index in [0.29, 0.717) is 5.92 Å². The topological polar surface area (TPSA) is 56.3 Å². The van der Waals surface area contributed by atoms with E-state index >= 15 is 0 Å². The van der Waals surface area contributed by atoms with Crippen molar-refractivity contribution in [1.29, 1.82) is 0 Å². The van der Waals surface area contributed by atoms with E-state index < -0.39 is 0 Å². The third kappa shape index (κ3) is 4.35. The van der Waals surface area contributed by atoms with E-state index in [0.717, 1.165) is 56.7 Å². The molecule has 4 rings (SSSR count). The average Bonchev–Trinajstić information content (AvgIpc) is 3.31. The first-order chi connectivity index (χ1) is 12.8. The Labute approximate surface area is 155 Å². The molecule has 2 aliphatic heterocycles. The Hall–Kier alpha value is -1.66. The highest BCUT2D eigenvalue weighted by molar-refractivity contribution is 5.06. The molecule has 4 heterocycles. The molecule has 2 saturated heterocycles. The van der Waals surface area contributed by atoms with Crippen molar-refractivity contribution in [2.24, 2.45) is 13.0 Å². The summed E-state index contributed by atoms with van der Waals surface area (Å²) in [5.41, 5.74) is 1.40. The van der Waals surface area contributed by atoms with Crippen LogP contribution < -0.4 is 0 Å². The van der Waals surface area contributed by atoms with Crippen molar-refractivity contribution in [3.05, 3.63) is 35.7 Å². The molecule has 2 aliphatic rings. The van der Waals surface area contributed by atoms with Crippen LogP contribution in [-0.2, 0) is 24.8 Å². The smallest absolute Gasteiger partial charge is 0.229 e. The van der Waals surface area contributed by atoms with Crippen LogP contribution in [0, 0.1) is 5.92 Å². The van der Waals surface area contributed by atoms with Gasteiger partial charge >= 0.3 is 0 Å². The van der Waals surface area contributed by atoms with Crippen LogP contribution in [0.5, 0.6) is 0 Å². The number of ether oxygens (including phenoxy) is 1. The molecule has 26 heavy (non-hydrogen) atoms. The van der Waals surface area contributed by atoms with Gasteiger partial charge in [0.2, 0.25) is 5.89 Å². The summed E-state index contributed by atoms with van der Waals surface area (Å²) in [6.45, 7) is 5.06. The van der Waals surface area contributed by atoms with Gasteiger partial charge in [0.25, 0.3) is 0 Å². The van der Waals surface area contributed by atoms with Gasteiger partial charge < -0.3 is 13.8 Å². The van der Waals surface area contributed by atoms with Gasteiger partial charge in [0.05, 0.1) is 0 Å². The summed E-state index contributed by atoms with van der Waals surface area (Å²) in [6.07, 6.45) is 8.79. The molecule has 0 aliphatic carbocycles. The normalized spacial score (nSPS) is 20.7. The van der Waals surface area contributed by atoms with Crippen molar-refractivity contribution in [1.82, 2.24) is 19.6 Å². The maximum atomic E-state index is 5.50. The first-order valence-corrected chi connectivity index (χ1v) is 10.0. The molecule has 142 valence electrons. The summed E-state index contributed by atoms with van der Waals surface area (Å²) in [7, 11) is 2.13. The quantitative estimate of drug-likeness (QED) is 0.794. The summed E-state index contributed by atoms with van der Waals surface area (Å²) in [6, 6.07) is 4.35. The van der Waals surface area contributed by atoms with E-state index in [1.165, 1.54) is 38.0 Å². The SMILES string of the molecule is Cn1cccc1CN1CCC(CCc2noc(C3CCOCC3)n2)CC1. The summed E-state index contributed by atoms with van der Waals surface area (Å²) >= 11 is 0. The lowest BCUT2D eigenvalue weighted by atomic mass is 9.92. The molecule has 0 unspecified atom stereocenters. The number of piperidine rings is 1. The number of nitrogens with zero attached hydrogens (tertiary/aromatic N) is 4. The summed E-state index contributed by atoms with van der Waals surface area (Å²) < 4.78 is 13.1. The molecule has 2 fully saturated rings. The molecule has 0 atom stereocenters. The maximum absolute atomic E-state index is 5.50. The third-order valence-corrected chi connectivity index (χ3v) is 5.97. The maximum Gasteiger partial charge on any atom is 0.229 e. The zero-order valence-electron chi connectivity index (χ0n) is 15.8. The second-order valence-electron chi connectivity index (χ2n) is 7.80. The molecule has 2 aromatic heterocycles. The molecule has 0 amide bonds. The number of aromatic nitrogens is 3. The van der Waals surface area contributed by atoms with Crippen LogP contribution in [0.3, 0.4) is 0 Å². The lowest BCUT2D eigenvalue weighted by molar-refractivity contribution is 0.0778. The number of likely N-dealkylation sites (tertiary alicyclic amines) is 1. The van der Waals surface area contributed by atoms with Gasteiger partial charge in [0.1, 0.15) is 0 Å². The van der Waals surface area contributed by atoms with Gasteiger partial charge in [-0.05, 0) is 63.2 Å². The van der Waals surface area contributed by atoms with E-state index in [1.807, 2.05) is 0 Å². The molecule has 0 saturated carbocycles. The minimum atomic E-state index is 0.394. The predicted octanol–water partition coefficient (Wildman–Crippen LogP) is 3.15. The molecule has 0 aromatic carbocycles. The van der Waals surface area contributed by atoms with Gasteiger partial charge in [0, 0.05) is 51.0 Å². The second-order valence-corrected chi connectivity index (χ2v) is 7.80. The number of rotatable bonds is 6. The second kappa shape index (κ2) is 8.35. The van der Waals surface area contributed by atoms with Crippen molar-refractivity contribution in [2.75, 3.05) is 26.3 Å². The molecule has 0 N–H and O–H groups in total. The Morgan fingerprint density at radius 3 is 2.69 bits per heavy atom. The van der Waals surface area contributed by atoms with Crippen molar-refractivity contribution >= 4 is 0 Å².